The number of sulfonamides is 1. The molecule has 0 aromatic heterocycles. The minimum absolute atomic E-state index is 0.119. The fourth-order valence-corrected chi connectivity index (χ4v) is 3.97. The first kappa shape index (κ1) is 13.4. The maximum atomic E-state index is 12.4. The average molecular weight is 287 g/mol. The number of hydrogen-bond acceptors (Lipinski definition) is 3. The van der Waals surface area contributed by atoms with Gasteiger partial charge in [-0.2, -0.15) is 4.31 Å². The van der Waals surface area contributed by atoms with Crippen molar-refractivity contribution in [2.24, 2.45) is 0 Å². The number of anilines is 1. The molecule has 1 aromatic carbocycles. The van der Waals surface area contributed by atoms with Gasteiger partial charge in [-0.25, -0.2) is 8.42 Å². The van der Waals surface area contributed by atoms with E-state index in [-0.39, 0.29) is 9.92 Å². The molecule has 0 saturated carbocycles. The van der Waals surface area contributed by atoms with Crippen LogP contribution in [0.3, 0.4) is 0 Å². The highest BCUT2D eigenvalue weighted by Crippen LogP contribution is 2.28. The van der Waals surface area contributed by atoms with Gasteiger partial charge in [0, 0.05) is 18.8 Å². The number of nitrogen functional groups attached to an aromatic ring is 1. The van der Waals surface area contributed by atoms with Crippen LogP contribution in [-0.2, 0) is 10.0 Å². The van der Waals surface area contributed by atoms with Gasteiger partial charge in [0.2, 0.25) is 10.0 Å². The molecule has 0 spiro atoms. The standard InChI is InChI=1S/C12H15ClN2O2S/c1-9-3-2-6-15(8-9)18(16,17)12-5-4-10(14)7-11(12)13/h3-5,7H,2,6,8,14H2,1H3. The summed E-state index contributed by atoms with van der Waals surface area (Å²) in [5.74, 6) is 0. The number of hydrogen-bond donors (Lipinski definition) is 1. The molecule has 0 saturated heterocycles. The molecule has 0 amide bonds. The summed E-state index contributed by atoms with van der Waals surface area (Å²) >= 11 is 5.97. The van der Waals surface area contributed by atoms with Gasteiger partial charge in [-0.1, -0.05) is 23.3 Å². The number of halogens is 1. The molecule has 1 aliphatic rings. The van der Waals surface area contributed by atoms with Crippen LogP contribution in [0.25, 0.3) is 0 Å². The molecule has 4 nitrogen and oxygen atoms in total. The second kappa shape index (κ2) is 4.91. The molecular formula is C12H15ClN2O2S. The van der Waals surface area contributed by atoms with Crippen LogP contribution in [0.5, 0.6) is 0 Å². The van der Waals surface area contributed by atoms with Crippen molar-refractivity contribution in [1.29, 1.82) is 0 Å². The zero-order valence-electron chi connectivity index (χ0n) is 10.1. The van der Waals surface area contributed by atoms with Gasteiger partial charge in [0.1, 0.15) is 4.90 Å². The Hall–Kier alpha value is -1.04. The van der Waals surface area contributed by atoms with Crippen LogP contribution >= 0.6 is 11.6 Å². The molecule has 18 heavy (non-hydrogen) atoms. The zero-order chi connectivity index (χ0) is 13.3. The third-order valence-electron chi connectivity index (χ3n) is 2.87. The molecule has 1 heterocycles. The third kappa shape index (κ3) is 2.53. The Labute approximate surface area is 112 Å². The number of rotatable bonds is 2. The average Bonchev–Trinajstić information content (AvgIpc) is 2.28. The van der Waals surface area contributed by atoms with E-state index in [1.165, 1.54) is 16.4 Å². The van der Waals surface area contributed by atoms with Crippen molar-refractivity contribution >= 4 is 27.3 Å². The lowest BCUT2D eigenvalue weighted by Crippen LogP contribution is -2.35. The van der Waals surface area contributed by atoms with Crippen molar-refractivity contribution in [3.63, 3.8) is 0 Å². The fraction of sp³-hybridized carbons (Fsp3) is 0.333. The van der Waals surface area contributed by atoms with Crippen LogP contribution in [0.4, 0.5) is 5.69 Å². The van der Waals surface area contributed by atoms with Gasteiger partial charge in [-0.3, -0.25) is 0 Å². The molecule has 2 N–H and O–H groups in total. The van der Waals surface area contributed by atoms with E-state index >= 15 is 0 Å². The van der Waals surface area contributed by atoms with E-state index < -0.39 is 10.0 Å². The first-order chi connectivity index (χ1) is 8.41. The molecule has 1 aromatic rings. The Kier molecular flexibility index (Phi) is 3.66. The molecule has 0 bridgehead atoms. The molecule has 1 aliphatic heterocycles. The minimum atomic E-state index is -3.54. The van der Waals surface area contributed by atoms with Crippen molar-refractivity contribution < 1.29 is 8.42 Å². The molecule has 0 radical (unpaired) electrons. The molecule has 6 heteroatoms. The minimum Gasteiger partial charge on any atom is -0.399 e. The van der Waals surface area contributed by atoms with Crippen molar-refractivity contribution in [2.75, 3.05) is 18.8 Å². The van der Waals surface area contributed by atoms with Gasteiger partial charge in [-0.05, 0) is 31.5 Å². The lowest BCUT2D eigenvalue weighted by molar-refractivity contribution is 0.428. The first-order valence-corrected chi connectivity index (χ1v) is 7.44. The first-order valence-electron chi connectivity index (χ1n) is 5.62. The van der Waals surface area contributed by atoms with Gasteiger partial charge in [0.15, 0.2) is 0 Å². The maximum absolute atomic E-state index is 12.4. The Bertz CT molecular complexity index is 596. The predicted molar refractivity (Wildman–Crippen MR) is 73.0 cm³/mol. The smallest absolute Gasteiger partial charge is 0.244 e. The lowest BCUT2D eigenvalue weighted by Gasteiger charge is -2.25. The van der Waals surface area contributed by atoms with E-state index in [1.54, 1.807) is 6.07 Å². The Morgan fingerprint density at radius 2 is 2.11 bits per heavy atom. The molecular weight excluding hydrogens is 272 g/mol. The van der Waals surface area contributed by atoms with Crippen LogP contribution < -0.4 is 5.73 Å². The largest absolute Gasteiger partial charge is 0.399 e. The summed E-state index contributed by atoms with van der Waals surface area (Å²) in [5, 5.41) is 0.169. The SMILES string of the molecule is CC1=CCCN(S(=O)(=O)c2ccc(N)cc2Cl)C1. The molecule has 2 rings (SSSR count). The second-order valence-electron chi connectivity index (χ2n) is 4.37. The summed E-state index contributed by atoms with van der Waals surface area (Å²) in [4.78, 5) is 0.119. The number of benzene rings is 1. The topological polar surface area (TPSA) is 63.4 Å². The van der Waals surface area contributed by atoms with Crippen LogP contribution in [0, 0.1) is 0 Å². The quantitative estimate of drug-likeness (QED) is 0.670. The highest BCUT2D eigenvalue weighted by molar-refractivity contribution is 7.89. The fourth-order valence-electron chi connectivity index (χ4n) is 1.95. The van der Waals surface area contributed by atoms with E-state index in [4.69, 9.17) is 17.3 Å². The molecule has 98 valence electrons. The van der Waals surface area contributed by atoms with Crippen LogP contribution in [0.1, 0.15) is 13.3 Å². The van der Waals surface area contributed by atoms with E-state index in [0.717, 1.165) is 12.0 Å². The maximum Gasteiger partial charge on any atom is 0.244 e. The van der Waals surface area contributed by atoms with E-state index in [9.17, 15) is 8.42 Å². The molecule has 0 fully saturated rings. The number of nitrogens with zero attached hydrogens (tertiary/aromatic N) is 1. The normalized spacial score (nSPS) is 17.6. The van der Waals surface area contributed by atoms with E-state index in [1.807, 2.05) is 6.92 Å². The van der Waals surface area contributed by atoms with Gasteiger partial charge in [0.05, 0.1) is 5.02 Å². The Morgan fingerprint density at radius 1 is 1.39 bits per heavy atom. The van der Waals surface area contributed by atoms with E-state index in [0.29, 0.717) is 18.8 Å². The van der Waals surface area contributed by atoms with Crippen molar-refractivity contribution in [3.8, 4) is 0 Å². The third-order valence-corrected chi connectivity index (χ3v) is 5.20. The highest BCUT2D eigenvalue weighted by atomic mass is 35.5. The summed E-state index contributed by atoms with van der Waals surface area (Å²) in [6.07, 6.45) is 2.79. The van der Waals surface area contributed by atoms with Gasteiger partial charge in [0.25, 0.3) is 0 Å². The highest BCUT2D eigenvalue weighted by Gasteiger charge is 2.27. The Balaban J connectivity index is 2.39. The van der Waals surface area contributed by atoms with Crippen LogP contribution in [0.15, 0.2) is 34.7 Å². The van der Waals surface area contributed by atoms with Crippen molar-refractivity contribution in [3.05, 3.63) is 34.9 Å². The van der Waals surface area contributed by atoms with Crippen molar-refractivity contribution in [2.45, 2.75) is 18.2 Å². The van der Waals surface area contributed by atoms with Gasteiger partial charge >= 0.3 is 0 Å². The second-order valence-corrected chi connectivity index (χ2v) is 6.68. The summed E-state index contributed by atoms with van der Waals surface area (Å²) in [7, 11) is -3.54. The zero-order valence-corrected chi connectivity index (χ0v) is 11.6. The monoisotopic (exact) mass is 286 g/mol. The summed E-state index contributed by atoms with van der Waals surface area (Å²) in [6.45, 7) is 2.83. The van der Waals surface area contributed by atoms with Crippen LogP contribution in [-0.4, -0.2) is 25.8 Å². The summed E-state index contributed by atoms with van der Waals surface area (Å²) in [6, 6.07) is 4.47. The van der Waals surface area contributed by atoms with Crippen molar-refractivity contribution in [1.82, 2.24) is 4.31 Å². The van der Waals surface area contributed by atoms with Gasteiger partial charge < -0.3 is 5.73 Å². The Morgan fingerprint density at radius 3 is 2.72 bits per heavy atom. The molecule has 0 atom stereocenters. The molecule has 0 aliphatic carbocycles. The van der Waals surface area contributed by atoms with Crippen LogP contribution in [0.2, 0.25) is 5.02 Å². The number of nitrogens with two attached hydrogens (primary N) is 1. The summed E-state index contributed by atoms with van der Waals surface area (Å²) < 4.78 is 26.3. The molecule has 0 unspecified atom stereocenters. The summed E-state index contributed by atoms with van der Waals surface area (Å²) in [5.41, 5.74) is 7.07. The lowest BCUT2D eigenvalue weighted by atomic mass is 10.2. The van der Waals surface area contributed by atoms with Gasteiger partial charge in [-0.15, -0.1) is 0 Å². The van der Waals surface area contributed by atoms with E-state index in [2.05, 4.69) is 6.08 Å². The predicted octanol–water partition coefficient (Wildman–Crippen LogP) is 2.26.